The molecular formula is C14H12ClFN4O. The molecule has 3 rings (SSSR count). The summed E-state index contributed by atoms with van der Waals surface area (Å²) < 4.78 is 13.2. The molecule has 1 aliphatic carbocycles. The van der Waals surface area contributed by atoms with Gasteiger partial charge in [-0.05, 0) is 30.4 Å². The molecule has 5 nitrogen and oxygen atoms in total. The second kappa shape index (κ2) is 5.14. The monoisotopic (exact) mass is 306 g/mol. The van der Waals surface area contributed by atoms with Gasteiger partial charge in [-0.3, -0.25) is 4.99 Å². The highest BCUT2D eigenvalue weighted by Crippen LogP contribution is 2.26. The molecule has 7 heteroatoms. The van der Waals surface area contributed by atoms with Crippen LogP contribution in [0.3, 0.4) is 0 Å². The summed E-state index contributed by atoms with van der Waals surface area (Å²) in [6.45, 7) is 0. The molecule has 0 saturated heterocycles. The van der Waals surface area contributed by atoms with Crippen LogP contribution in [0.1, 0.15) is 0 Å². The molecule has 0 aromatic heterocycles. The van der Waals surface area contributed by atoms with Crippen LogP contribution in [0.25, 0.3) is 0 Å². The molecule has 2 aliphatic rings. The summed E-state index contributed by atoms with van der Waals surface area (Å²) in [5.74, 6) is 0.168. The summed E-state index contributed by atoms with van der Waals surface area (Å²) in [4.78, 5) is 4.20. The van der Waals surface area contributed by atoms with Gasteiger partial charge in [0.05, 0.1) is 17.1 Å². The zero-order chi connectivity index (χ0) is 15.0. The van der Waals surface area contributed by atoms with E-state index in [4.69, 9.17) is 17.3 Å². The predicted molar refractivity (Wildman–Crippen MR) is 80.5 cm³/mol. The average Bonchev–Trinajstić information content (AvgIpc) is 2.45. The molecule has 1 aromatic rings. The van der Waals surface area contributed by atoms with Gasteiger partial charge in [-0.25, -0.2) is 4.39 Å². The van der Waals surface area contributed by atoms with Gasteiger partial charge in [0.25, 0.3) is 0 Å². The van der Waals surface area contributed by atoms with Gasteiger partial charge in [0.15, 0.2) is 0 Å². The second-order valence-corrected chi connectivity index (χ2v) is 5.01. The molecule has 1 aliphatic heterocycles. The Kier molecular flexibility index (Phi) is 3.31. The van der Waals surface area contributed by atoms with Crippen molar-refractivity contribution in [1.29, 1.82) is 0 Å². The van der Waals surface area contributed by atoms with Gasteiger partial charge in [0.1, 0.15) is 23.4 Å². The number of rotatable bonds is 2. The summed E-state index contributed by atoms with van der Waals surface area (Å²) >= 11 is 5.76. The molecule has 108 valence electrons. The molecular weight excluding hydrogens is 295 g/mol. The lowest BCUT2D eigenvalue weighted by atomic mass is 9.98. The topological polar surface area (TPSA) is 82.7 Å². The van der Waals surface area contributed by atoms with E-state index in [1.165, 1.54) is 18.5 Å². The number of anilines is 1. The molecule has 1 atom stereocenters. The lowest BCUT2D eigenvalue weighted by Gasteiger charge is -2.25. The van der Waals surface area contributed by atoms with E-state index in [1.54, 1.807) is 18.2 Å². The van der Waals surface area contributed by atoms with Gasteiger partial charge >= 0.3 is 0 Å². The number of hydrogen-bond donors (Lipinski definition) is 4. The minimum atomic E-state index is -0.481. The Balaban J connectivity index is 1.94. The molecule has 1 aromatic carbocycles. The molecule has 0 spiro atoms. The Hall–Kier alpha value is -2.47. The molecule has 21 heavy (non-hydrogen) atoms. The molecule has 0 radical (unpaired) electrons. The second-order valence-electron chi connectivity index (χ2n) is 4.60. The van der Waals surface area contributed by atoms with Crippen molar-refractivity contribution >= 4 is 23.6 Å². The Morgan fingerprint density at radius 3 is 3.00 bits per heavy atom. The molecule has 0 amide bonds. The molecule has 0 saturated carbocycles. The summed E-state index contributed by atoms with van der Waals surface area (Å²) in [6, 6.07) is 4.01. The van der Waals surface area contributed by atoms with Crippen molar-refractivity contribution in [2.75, 3.05) is 5.32 Å². The molecule has 5 N–H and O–H groups in total. The smallest absolute Gasteiger partial charge is 0.141 e. The third-order valence-electron chi connectivity index (χ3n) is 3.16. The fourth-order valence-electron chi connectivity index (χ4n) is 2.10. The van der Waals surface area contributed by atoms with Crippen molar-refractivity contribution < 1.29 is 9.50 Å². The standard InChI is InChI=1S/C14H12ClFN4O/c15-9-3-7(1-2-10(9)16)20-14-8-4-11(17)13(21)5-12(8)18-6-19-14/h1-6,12,20-21H,17H2,(H,18,19). The van der Waals surface area contributed by atoms with E-state index in [0.29, 0.717) is 11.5 Å². The van der Waals surface area contributed by atoms with Crippen LogP contribution in [0.2, 0.25) is 5.02 Å². The van der Waals surface area contributed by atoms with Crippen LogP contribution in [0.5, 0.6) is 0 Å². The Morgan fingerprint density at radius 1 is 1.43 bits per heavy atom. The fraction of sp³-hybridized carbons (Fsp3) is 0.0714. The maximum atomic E-state index is 13.2. The number of halogens is 2. The number of nitrogens with zero attached hydrogens (tertiary/aromatic N) is 1. The van der Waals surface area contributed by atoms with E-state index < -0.39 is 5.82 Å². The van der Waals surface area contributed by atoms with Gasteiger partial charge in [0, 0.05) is 11.3 Å². The van der Waals surface area contributed by atoms with Crippen LogP contribution >= 0.6 is 11.6 Å². The van der Waals surface area contributed by atoms with Crippen LogP contribution in [0.4, 0.5) is 10.1 Å². The number of aliphatic hydroxyl groups is 1. The van der Waals surface area contributed by atoms with Gasteiger partial charge < -0.3 is 21.5 Å². The van der Waals surface area contributed by atoms with E-state index in [1.807, 2.05) is 0 Å². The number of aliphatic imine (C=N–C) groups is 1. The molecule has 1 heterocycles. The minimum Gasteiger partial charge on any atom is -0.506 e. The van der Waals surface area contributed by atoms with Crippen LogP contribution in [-0.2, 0) is 0 Å². The highest BCUT2D eigenvalue weighted by molar-refractivity contribution is 6.31. The lowest BCUT2D eigenvalue weighted by Crippen LogP contribution is -2.30. The first-order valence-corrected chi connectivity index (χ1v) is 6.55. The van der Waals surface area contributed by atoms with E-state index >= 15 is 0 Å². The van der Waals surface area contributed by atoms with Crippen molar-refractivity contribution in [3.8, 4) is 0 Å². The van der Waals surface area contributed by atoms with Crippen LogP contribution in [-0.4, -0.2) is 17.5 Å². The van der Waals surface area contributed by atoms with Crippen LogP contribution in [0.15, 0.2) is 58.2 Å². The van der Waals surface area contributed by atoms with Crippen molar-refractivity contribution in [3.63, 3.8) is 0 Å². The van der Waals surface area contributed by atoms with Gasteiger partial charge in [0.2, 0.25) is 0 Å². The number of nitrogens with one attached hydrogen (secondary N) is 2. The summed E-state index contributed by atoms with van der Waals surface area (Å²) in [6.07, 6.45) is 4.71. The highest BCUT2D eigenvalue weighted by Gasteiger charge is 2.23. The SMILES string of the molecule is NC1=CC2=C(Nc3ccc(F)c(Cl)c3)NC=NC2C=C1O. The molecule has 1 unspecified atom stereocenters. The fourth-order valence-corrected chi connectivity index (χ4v) is 2.28. The van der Waals surface area contributed by atoms with Crippen molar-refractivity contribution in [1.82, 2.24) is 5.32 Å². The number of benzene rings is 1. The van der Waals surface area contributed by atoms with Gasteiger partial charge in [-0.2, -0.15) is 0 Å². The molecule has 0 fully saturated rings. The van der Waals surface area contributed by atoms with Crippen molar-refractivity contribution in [2.45, 2.75) is 6.04 Å². The zero-order valence-corrected chi connectivity index (χ0v) is 11.5. The number of aliphatic hydroxyl groups excluding tert-OH is 1. The van der Waals surface area contributed by atoms with Crippen molar-refractivity contribution in [3.05, 3.63) is 64.0 Å². The van der Waals surface area contributed by atoms with E-state index in [-0.39, 0.29) is 22.5 Å². The normalized spacial score (nSPS) is 20.4. The van der Waals surface area contributed by atoms with E-state index in [9.17, 15) is 9.50 Å². The Morgan fingerprint density at radius 2 is 2.24 bits per heavy atom. The first-order valence-electron chi connectivity index (χ1n) is 6.17. The quantitative estimate of drug-likeness (QED) is 0.676. The van der Waals surface area contributed by atoms with Gasteiger partial charge in [-0.15, -0.1) is 0 Å². The lowest BCUT2D eigenvalue weighted by molar-refractivity contribution is 0.416. The summed E-state index contributed by atoms with van der Waals surface area (Å²) in [5, 5.41) is 15.7. The van der Waals surface area contributed by atoms with Crippen LogP contribution < -0.4 is 16.4 Å². The first-order chi connectivity index (χ1) is 10.0. The third-order valence-corrected chi connectivity index (χ3v) is 3.45. The van der Waals surface area contributed by atoms with Gasteiger partial charge in [-0.1, -0.05) is 11.6 Å². The Labute approximate surface area is 125 Å². The maximum Gasteiger partial charge on any atom is 0.141 e. The Bertz CT molecular complexity index is 724. The average molecular weight is 307 g/mol. The summed E-state index contributed by atoms with van der Waals surface area (Å²) in [5.41, 5.74) is 7.37. The van der Waals surface area contributed by atoms with E-state index in [0.717, 1.165) is 5.57 Å². The largest absolute Gasteiger partial charge is 0.506 e. The maximum absolute atomic E-state index is 13.2. The number of nitrogens with two attached hydrogens (primary N) is 1. The zero-order valence-electron chi connectivity index (χ0n) is 10.8. The predicted octanol–water partition coefficient (Wildman–Crippen LogP) is 2.40. The van der Waals surface area contributed by atoms with Crippen molar-refractivity contribution in [2.24, 2.45) is 10.7 Å². The van der Waals surface area contributed by atoms with E-state index in [2.05, 4.69) is 15.6 Å². The highest BCUT2D eigenvalue weighted by atomic mass is 35.5. The third kappa shape index (κ3) is 2.57. The summed E-state index contributed by atoms with van der Waals surface area (Å²) in [7, 11) is 0. The molecule has 0 bridgehead atoms. The number of fused-ring (bicyclic) bond motifs is 1. The minimum absolute atomic E-state index is 0.00646. The first kappa shape index (κ1) is 13.5. The number of hydrogen-bond acceptors (Lipinski definition) is 5. The van der Waals surface area contributed by atoms with Crippen LogP contribution in [0, 0.1) is 5.82 Å².